The lowest BCUT2D eigenvalue weighted by Gasteiger charge is -2.16. The Kier molecular flexibility index (Phi) is 7.19. The van der Waals surface area contributed by atoms with E-state index in [0.717, 1.165) is 31.2 Å². The Balaban J connectivity index is 1.81. The highest BCUT2D eigenvalue weighted by Crippen LogP contribution is 2.22. The average Bonchev–Trinajstić information content (AvgIpc) is 2.70. The van der Waals surface area contributed by atoms with Crippen molar-refractivity contribution in [1.29, 1.82) is 0 Å². The number of amides is 1. The predicted octanol–water partition coefficient (Wildman–Crippen LogP) is 4.08. The van der Waals surface area contributed by atoms with Crippen molar-refractivity contribution in [2.24, 2.45) is 0 Å². The molecule has 0 aliphatic heterocycles. The molecule has 122 valence electrons. The van der Waals surface area contributed by atoms with Crippen molar-refractivity contribution in [3.8, 4) is 0 Å². The lowest BCUT2D eigenvalue weighted by molar-refractivity contribution is -0.119. The highest BCUT2D eigenvalue weighted by atomic mass is 35.5. The van der Waals surface area contributed by atoms with Crippen molar-refractivity contribution >= 4 is 39.9 Å². The summed E-state index contributed by atoms with van der Waals surface area (Å²) in [6, 6.07) is 5.34. The Hall–Kier alpha value is -0.580. The van der Waals surface area contributed by atoms with Crippen LogP contribution in [0.2, 0.25) is 10.0 Å². The van der Waals surface area contributed by atoms with Crippen LogP contribution >= 0.6 is 23.2 Å². The van der Waals surface area contributed by atoms with E-state index >= 15 is 0 Å². The Morgan fingerprint density at radius 1 is 1.18 bits per heavy atom. The average molecular weight is 362 g/mol. The van der Waals surface area contributed by atoms with E-state index in [0.29, 0.717) is 10.0 Å². The van der Waals surface area contributed by atoms with E-state index < -0.39 is 10.8 Å². The molecule has 0 heterocycles. The summed E-state index contributed by atoms with van der Waals surface area (Å²) in [4.78, 5) is 12.0. The van der Waals surface area contributed by atoms with Gasteiger partial charge in [-0.1, -0.05) is 55.0 Å². The van der Waals surface area contributed by atoms with E-state index in [1.807, 2.05) is 0 Å². The topological polar surface area (TPSA) is 46.2 Å². The van der Waals surface area contributed by atoms with Crippen molar-refractivity contribution in [2.75, 3.05) is 5.75 Å². The SMILES string of the molecule is O=C(C[S@@](=O)Cc1ccc(Cl)cc1Cl)NC1CCCCCC1. The van der Waals surface area contributed by atoms with Crippen LogP contribution in [0.3, 0.4) is 0 Å². The molecule has 6 heteroatoms. The van der Waals surface area contributed by atoms with Crippen molar-refractivity contribution < 1.29 is 9.00 Å². The quantitative estimate of drug-likeness (QED) is 0.803. The molecule has 1 fully saturated rings. The molecule has 1 aromatic carbocycles. The van der Waals surface area contributed by atoms with E-state index in [-0.39, 0.29) is 23.5 Å². The number of benzene rings is 1. The largest absolute Gasteiger partial charge is 0.353 e. The van der Waals surface area contributed by atoms with Crippen LogP contribution in [-0.2, 0) is 21.3 Å². The maximum atomic E-state index is 12.1. The molecule has 22 heavy (non-hydrogen) atoms. The fraction of sp³-hybridized carbons (Fsp3) is 0.562. The van der Waals surface area contributed by atoms with Gasteiger partial charge in [0.2, 0.25) is 5.91 Å². The zero-order valence-corrected chi connectivity index (χ0v) is 14.8. The third kappa shape index (κ3) is 5.90. The van der Waals surface area contributed by atoms with Gasteiger partial charge in [0.05, 0.1) is 5.75 Å². The molecule has 1 aromatic rings. The lowest BCUT2D eigenvalue weighted by Crippen LogP contribution is -2.37. The first-order chi connectivity index (χ1) is 10.5. The summed E-state index contributed by atoms with van der Waals surface area (Å²) in [6.07, 6.45) is 6.87. The molecule has 0 radical (unpaired) electrons. The van der Waals surface area contributed by atoms with E-state index in [9.17, 15) is 9.00 Å². The Labute approximate surface area is 144 Å². The first kappa shape index (κ1) is 17.8. The third-order valence-corrected chi connectivity index (χ3v) is 5.65. The molecule has 3 nitrogen and oxygen atoms in total. The van der Waals surface area contributed by atoms with Crippen LogP contribution in [0.1, 0.15) is 44.1 Å². The van der Waals surface area contributed by atoms with Gasteiger partial charge in [0.25, 0.3) is 0 Å². The zero-order valence-electron chi connectivity index (χ0n) is 12.4. The van der Waals surface area contributed by atoms with Gasteiger partial charge in [0, 0.05) is 26.9 Å². The van der Waals surface area contributed by atoms with Crippen LogP contribution in [-0.4, -0.2) is 21.9 Å². The normalized spacial score (nSPS) is 17.7. The van der Waals surface area contributed by atoms with Crippen molar-refractivity contribution in [3.05, 3.63) is 33.8 Å². The molecular weight excluding hydrogens is 341 g/mol. The lowest BCUT2D eigenvalue weighted by atomic mass is 10.1. The molecule has 0 unspecified atom stereocenters. The standard InChI is InChI=1S/C16H21Cl2NO2S/c17-13-8-7-12(15(18)9-13)10-22(21)11-16(20)19-14-5-3-1-2-4-6-14/h7-9,14H,1-6,10-11H2,(H,19,20)/t22-/m0/s1. The molecule has 1 saturated carbocycles. The molecular formula is C16H21Cl2NO2S. The second kappa shape index (κ2) is 8.90. The molecule has 0 bridgehead atoms. The highest BCUT2D eigenvalue weighted by molar-refractivity contribution is 7.84. The van der Waals surface area contributed by atoms with Crippen molar-refractivity contribution in [3.63, 3.8) is 0 Å². The number of hydrogen-bond acceptors (Lipinski definition) is 2. The minimum absolute atomic E-state index is 0.0233. The molecule has 2 rings (SSSR count). The molecule has 0 spiro atoms. The fourth-order valence-corrected chi connectivity index (χ4v) is 4.33. The molecule has 1 aliphatic rings. The maximum Gasteiger partial charge on any atom is 0.232 e. The fourth-order valence-electron chi connectivity index (χ4n) is 2.70. The summed E-state index contributed by atoms with van der Waals surface area (Å²) in [5, 5.41) is 4.05. The zero-order chi connectivity index (χ0) is 15.9. The molecule has 1 atom stereocenters. The number of nitrogens with one attached hydrogen (secondary N) is 1. The van der Waals surface area contributed by atoms with Crippen LogP contribution in [0.15, 0.2) is 18.2 Å². The summed E-state index contributed by atoms with van der Waals surface area (Å²) in [7, 11) is -1.27. The number of halogens is 2. The van der Waals surface area contributed by atoms with E-state index in [1.54, 1.807) is 18.2 Å². The van der Waals surface area contributed by atoms with Crippen molar-refractivity contribution in [1.82, 2.24) is 5.32 Å². The number of hydrogen-bond donors (Lipinski definition) is 1. The Morgan fingerprint density at radius 3 is 2.50 bits per heavy atom. The van der Waals surface area contributed by atoms with Gasteiger partial charge in [-0.3, -0.25) is 9.00 Å². The maximum absolute atomic E-state index is 12.1. The van der Waals surface area contributed by atoms with Gasteiger partial charge in [0.1, 0.15) is 5.75 Å². The van der Waals surface area contributed by atoms with Gasteiger partial charge in [-0.2, -0.15) is 0 Å². The van der Waals surface area contributed by atoms with E-state index in [1.165, 1.54) is 12.8 Å². The van der Waals surface area contributed by atoms with Gasteiger partial charge >= 0.3 is 0 Å². The Morgan fingerprint density at radius 2 is 1.86 bits per heavy atom. The molecule has 1 aliphatic carbocycles. The Bertz CT molecular complexity index is 543. The van der Waals surface area contributed by atoms with Crippen LogP contribution in [0.25, 0.3) is 0 Å². The van der Waals surface area contributed by atoms with Gasteiger partial charge in [0.15, 0.2) is 0 Å². The molecule has 0 saturated heterocycles. The summed E-state index contributed by atoms with van der Waals surface area (Å²) in [6.45, 7) is 0. The highest BCUT2D eigenvalue weighted by Gasteiger charge is 2.17. The number of carbonyl (C=O) groups excluding carboxylic acids is 1. The van der Waals surface area contributed by atoms with Crippen LogP contribution in [0, 0.1) is 0 Å². The second-order valence-corrected chi connectivity index (χ2v) is 8.02. The predicted molar refractivity (Wildman–Crippen MR) is 92.8 cm³/mol. The number of carbonyl (C=O) groups is 1. The third-order valence-electron chi connectivity index (χ3n) is 3.84. The summed E-state index contributed by atoms with van der Waals surface area (Å²) in [5.41, 5.74) is 0.756. The van der Waals surface area contributed by atoms with Crippen LogP contribution in [0.5, 0.6) is 0 Å². The first-order valence-corrected chi connectivity index (χ1v) is 9.87. The summed E-state index contributed by atoms with van der Waals surface area (Å²) < 4.78 is 12.1. The second-order valence-electron chi connectivity index (χ2n) is 5.72. The molecule has 0 aromatic heterocycles. The monoisotopic (exact) mass is 361 g/mol. The van der Waals surface area contributed by atoms with Gasteiger partial charge in [-0.25, -0.2) is 0 Å². The summed E-state index contributed by atoms with van der Waals surface area (Å²) >= 11 is 11.9. The van der Waals surface area contributed by atoms with E-state index in [2.05, 4.69) is 5.32 Å². The van der Waals surface area contributed by atoms with Gasteiger partial charge in [-0.05, 0) is 30.5 Å². The number of rotatable bonds is 5. The molecule has 1 N–H and O–H groups in total. The minimum atomic E-state index is -1.27. The van der Waals surface area contributed by atoms with Crippen LogP contribution in [0.4, 0.5) is 0 Å². The summed E-state index contributed by atoms with van der Waals surface area (Å²) in [5.74, 6) is 0.166. The first-order valence-electron chi connectivity index (χ1n) is 7.63. The minimum Gasteiger partial charge on any atom is -0.353 e. The van der Waals surface area contributed by atoms with E-state index in [4.69, 9.17) is 23.2 Å². The van der Waals surface area contributed by atoms with Crippen molar-refractivity contribution in [2.45, 2.75) is 50.3 Å². The van der Waals surface area contributed by atoms with Crippen LogP contribution < -0.4 is 5.32 Å². The molecule has 1 amide bonds. The van der Waals surface area contributed by atoms with Gasteiger partial charge in [-0.15, -0.1) is 0 Å². The van der Waals surface area contributed by atoms with Gasteiger partial charge < -0.3 is 5.32 Å². The smallest absolute Gasteiger partial charge is 0.232 e.